The predicted molar refractivity (Wildman–Crippen MR) is 96.7 cm³/mol. The van der Waals surface area contributed by atoms with Gasteiger partial charge in [-0.1, -0.05) is 0 Å². The molecular formula is C16H20N6O2S. The number of nitrogens with zero attached hydrogens (tertiary/aromatic N) is 4. The lowest BCUT2D eigenvalue weighted by Crippen LogP contribution is -2.32. The molecule has 0 saturated heterocycles. The molecule has 132 valence electrons. The minimum Gasteiger partial charge on any atom is -0.385 e. The molecule has 2 heterocycles. The van der Waals surface area contributed by atoms with Gasteiger partial charge in [-0.15, -0.1) is 21.5 Å². The Bertz CT molecular complexity index is 846. The summed E-state index contributed by atoms with van der Waals surface area (Å²) in [7, 11) is 1.67. The number of fused-ring (bicyclic) bond motifs is 1. The van der Waals surface area contributed by atoms with Gasteiger partial charge in [0.2, 0.25) is 0 Å². The van der Waals surface area contributed by atoms with E-state index < -0.39 is 0 Å². The summed E-state index contributed by atoms with van der Waals surface area (Å²) in [4.78, 5) is 16.5. The molecule has 1 aromatic carbocycles. The van der Waals surface area contributed by atoms with Crippen molar-refractivity contribution in [3.8, 4) is 0 Å². The van der Waals surface area contributed by atoms with E-state index in [1.54, 1.807) is 18.9 Å². The summed E-state index contributed by atoms with van der Waals surface area (Å²) in [5, 5.41) is 13.8. The molecular weight excluding hydrogens is 340 g/mol. The average Bonchev–Trinajstić information content (AvgIpc) is 3.23. The third-order valence-corrected chi connectivity index (χ3v) is 4.51. The van der Waals surface area contributed by atoms with Crippen LogP contribution in [0.2, 0.25) is 0 Å². The van der Waals surface area contributed by atoms with Gasteiger partial charge in [0.05, 0.1) is 21.8 Å². The average molecular weight is 360 g/mol. The number of carbonyl (C=O) groups is 1. The van der Waals surface area contributed by atoms with E-state index >= 15 is 0 Å². The first-order valence-electron chi connectivity index (χ1n) is 7.95. The predicted octanol–water partition coefficient (Wildman–Crippen LogP) is 2.81. The van der Waals surface area contributed by atoms with Crippen LogP contribution in [-0.4, -0.2) is 39.5 Å². The zero-order chi connectivity index (χ0) is 17.6. The van der Waals surface area contributed by atoms with Crippen LogP contribution in [0.4, 0.5) is 10.5 Å². The molecule has 1 atom stereocenters. The highest BCUT2D eigenvalue weighted by Crippen LogP contribution is 2.21. The van der Waals surface area contributed by atoms with Gasteiger partial charge >= 0.3 is 6.03 Å². The topological polar surface area (TPSA) is 94.0 Å². The Morgan fingerprint density at radius 3 is 3.16 bits per heavy atom. The first kappa shape index (κ1) is 17.3. The summed E-state index contributed by atoms with van der Waals surface area (Å²) >= 11 is 1.54. The van der Waals surface area contributed by atoms with E-state index in [0.29, 0.717) is 12.4 Å². The number of carbonyl (C=O) groups excluding carboxylic acids is 1. The summed E-state index contributed by atoms with van der Waals surface area (Å²) < 4.78 is 8.01. The lowest BCUT2D eigenvalue weighted by molar-refractivity contribution is 0.189. The van der Waals surface area contributed by atoms with E-state index in [-0.39, 0.29) is 12.1 Å². The highest BCUT2D eigenvalue weighted by atomic mass is 32.1. The molecule has 2 N–H and O–H groups in total. The number of hydrogen-bond donors (Lipinski definition) is 2. The van der Waals surface area contributed by atoms with E-state index in [4.69, 9.17) is 4.74 Å². The Balaban J connectivity index is 1.59. The maximum atomic E-state index is 12.3. The lowest BCUT2D eigenvalue weighted by atomic mass is 10.3. The van der Waals surface area contributed by atoms with Crippen molar-refractivity contribution >= 4 is 33.3 Å². The van der Waals surface area contributed by atoms with Crippen LogP contribution in [0.25, 0.3) is 10.2 Å². The fourth-order valence-corrected chi connectivity index (χ4v) is 3.23. The fraction of sp³-hybridized carbons (Fsp3) is 0.375. The van der Waals surface area contributed by atoms with E-state index in [2.05, 4.69) is 25.8 Å². The van der Waals surface area contributed by atoms with Crippen LogP contribution in [-0.2, 0) is 11.3 Å². The SMILES string of the molecule is COCCCn1cnnc1[C@@H](C)NC(=O)Nc1ccc2ncsc2c1. The van der Waals surface area contributed by atoms with Gasteiger partial charge in [0.1, 0.15) is 6.33 Å². The number of rotatable bonds is 7. The summed E-state index contributed by atoms with van der Waals surface area (Å²) in [6.07, 6.45) is 2.52. The fourth-order valence-electron chi connectivity index (χ4n) is 2.51. The van der Waals surface area contributed by atoms with Crippen LogP contribution in [0.15, 0.2) is 30.0 Å². The molecule has 8 nitrogen and oxygen atoms in total. The number of anilines is 1. The lowest BCUT2D eigenvalue weighted by Gasteiger charge is -2.15. The minimum atomic E-state index is -0.289. The molecule has 0 aliphatic heterocycles. The second kappa shape index (κ2) is 8.04. The summed E-state index contributed by atoms with van der Waals surface area (Å²) in [6, 6.07) is 5.07. The van der Waals surface area contributed by atoms with Crippen LogP contribution in [0.1, 0.15) is 25.2 Å². The van der Waals surface area contributed by atoms with Gasteiger partial charge < -0.3 is 19.9 Å². The number of benzene rings is 1. The van der Waals surface area contributed by atoms with Gasteiger partial charge in [-0.25, -0.2) is 9.78 Å². The number of aromatic nitrogens is 4. The molecule has 0 bridgehead atoms. The van der Waals surface area contributed by atoms with Gasteiger partial charge in [0.15, 0.2) is 5.82 Å². The van der Waals surface area contributed by atoms with Gasteiger partial charge in [-0.05, 0) is 31.5 Å². The van der Waals surface area contributed by atoms with Crippen molar-refractivity contribution in [1.82, 2.24) is 25.1 Å². The van der Waals surface area contributed by atoms with Crippen LogP contribution >= 0.6 is 11.3 Å². The van der Waals surface area contributed by atoms with Crippen molar-refractivity contribution in [2.24, 2.45) is 0 Å². The maximum absolute atomic E-state index is 12.3. The Morgan fingerprint density at radius 1 is 1.44 bits per heavy atom. The molecule has 0 saturated carbocycles. The number of aryl methyl sites for hydroxylation is 1. The first-order valence-corrected chi connectivity index (χ1v) is 8.82. The smallest absolute Gasteiger partial charge is 0.319 e. The third kappa shape index (κ3) is 4.31. The molecule has 0 aliphatic carbocycles. The van der Waals surface area contributed by atoms with Gasteiger partial charge in [0, 0.05) is 25.9 Å². The summed E-state index contributed by atoms with van der Waals surface area (Å²) in [5.41, 5.74) is 3.43. The third-order valence-electron chi connectivity index (χ3n) is 3.72. The normalized spacial score (nSPS) is 12.2. The maximum Gasteiger partial charge on any atom is 0.319 e. The monoisotopic (exact) mass is 360 g/mol. The highest BCUT2D eigenvalue weighted by Gasteiger charge is 2.15. The Morgan fingerprint density at radius 2 is 2.32 bits per heavy atom. The standard InChI is InChI=1S/C16H20N6O2S/c1-11(15-21-18-9-22(15)6-3-7-24-2)19-16(23)20-12-4-5-13-14(8-12)25-10-17-13/h4-5,8-11H,3,6-7H2,1-2H3,(H2,19,20,23)/t11-/m1/s1. The number of amides is 2. The van der Waals surface area contributed by atoms with Gasteiger partial charge in [0.25, 0.3) is 0 Å². The van der Waals surface area contributed by atoms with Crippen LogP contribution in [0.3, 0.4) is 0 Å². The van der Waals surface area contributed by atoms with Crippen molar-refractivity contribution in [2.75, 3.05) is 19.0 Å². The van der Waals surface area contributed by atoms with E-state index in [1.165, 1.54) is 11.3 Å². The Hall–Kier alpha value is -2.52. The quantitative estimate of drug-likeness (QED) is 0.632. The molecule has 2 aromatic heterocycles. The molecule has 25 heavy (non-hydrogen) atoms. The van der Waals surface area contributed by atoms with Crippen molar-refractivity contribution < 1.29 is 9.53 Å². The number of thiazole rings is 1. The van der Waals surface area contributed by atoms with Crippen LogP contribution < -0.4 is 10.6 Å². The second-order valence-corrected chi connectivity index (χ2v) is 6.47. The van der Waals surface area contributed by atoms with Crippen molar-refractivity contribution in [2.45, 2.75) is 25.9 Å². The van der Waals surface area contributed by atoms with E-state index in [9.17, 15) is 4.79 Å². The molecule has 0 aliphatic rings. The van der Waals surface area contributed by atoms with Crippen molar-refractivity contribution in [1.29, 1.82) is 0 Å². The number of hydrogen-bond acceptors (Lipinski definition) is 6. The zero-order valence-electron chi connectivity index (χ0n) is 14.1. The zero-order valence-corrected chi connectivity index (χ0v) is 14.9. The molecule has 3 rings (SSSR count). The molecule has 9 heteroatoms. The van der Waals surface area contributed by atoms with E-state index in [1.807, 2.05) is 29.7 Å². The molecule has 3 aromatic rings. The number of nitrogens with one attached hydrogen (secondary N) is 2. The second-order valence-electron chi connectivity index (χ2n) is 5.58. The Kier molecular flexibility index (Phi) is 5.56. The minimum absolute atomic E-state index is 0.266. The highest BCUT2D eigenvalue weighted by molar-refractivity contribution is 7.16. The molecule has 0 spiro atoms. The largest absolute Gasteiger partial charge is 0.385 e. The van der Waals surface area contributed by atoms with Crippen LogP contribution in [0, 0.1) is 0 Å². The van der Waals surface area contributed by atoms with Crippen molar-refractivity contribution in [3.63, 3.8) is 0 Å². The number of ether oxygens (including phenoxy) is 1. The number of urea groups is 1. The molecule has 0 fully saturated rings. The van der Waals surface area contributed by atoms with Gasteiger partial charge in [-0.3, -0.25) is 0 Å². The van der Waals surface area contributed by atoms with Gasteiger partial charge in [-0.2, -0.15) is 0 Å². The molecule has 0 radical (unpaired) electrons. The summed E-state index contributed by atoms with van der Waals surface area (Å²) in [5.74, 6) is 0.712. The molecule has 2 amide bonds. The van der Waals surface area contributed by atoms with E-state index in [0.717, 1.165) is 28.9 Å². The number of methoxy groups -OCH3 is 1. The summed E-state index contributed by atoms with van der Waals surface area (Å²) in [6.45, 7) is 3.29. The van der Waals surface area contributed by atoms with Crippen LogP contribution in [0.5, 0.6) is 0 Å². The Labute approximate surface area is 149 Å². The first-order chi connectivity index (χ1) is 12.2. The molecule has 0 unspecified atom stereocenters. The van der Waals surface area contributed by atoms with Crippen molar-refractivity contribution in [3.05, 3.63) is 35.9 Å².